The van der Waals surface area contributed by atoms with Gasteiger partial charge in [0.25, 0.3) is 0 Å². The molecular weight excluding hydrogens is 252 g/mol. The van der Waals surface area contributed by atoms with E-state index in [-0.39, 0.29) is 0 Å². The minimum absolute atomic E-state index is 0.569. The summed E-state index contributed by atoms with van der Waals surface area (Å²) in [4.78, 5) is 3.01. The van der Waals surface area contributed by atoms with Gasteiger partial charge in [0.1, 0.15) is 13.2 Å². The van der Waals surface area contributed by atoms with Gasteiger partial charge in [-0.2, -0.15) is 0 Å². The number of nitrogens with one attached hydrogen (secondary N) is 2. The highest BCUT2D eigenvalue weighted by Crippen LogP contribution is 2.38. The summed E-state index contributed by atoms with van der Waals surface area (Å²) in [6.07, 6.45) is 3.83. The van der Waals surface area contributed by atoms with Crippen molar-refractivity contribution in [2.24, 2.45) is 0 Å². The second-order valence-electron chi connectivity index (χ2n) is 4.05. The summed E-state index contributed by atoms with van der Waals surface area (Å²) in [5.41, 5.74) is 2.02. The van der Waals surface area contributed by atoms with Gasteiger partial charge in [-0.15, -0.1) is 0 Å². The van der Waals surface area contributed by atoms with Gasteiger partial charge in [0.05, 0.1) is 10.7 Å². The van der Waals surface area contributed by atoms with Crippen LogP contribution in [-0.2, 0) is 6.54 Å². The number of hydrogen-bond acceptors (Lipinski definition) is 3. The largest absolute Gasteiger partial charge is 0.486 e. The Kier molecular flexibility index (Phi) is 3.02. The summed E-state index contributed by atoms with van der Waals surface area (Å²) in [6.45, 7) is 1.86. The van der Waals surface area contributed by atoms with Crippen molar-refractivity contribution in [2.45, 2.75) is 6.54 Å². The van der Waals surface area contributed by atoms with Crippen LogP contribution >= 0.6 is 11.6 Å². The molecule has 0 unspecified atom stereocenters. The summed E-state index contributed by atoms with van der Waals surface area (Å²) in [5, 5.41) is 3.91. The fourth-order valence-corrected chi connectivity index (χ4v) is 2.09. The zero-order valence-corrected chi connectivity index (χ0v) is 10.5. The SMILES string of the molecule is Clc1cc2c(cc1NCc1cc[nH]c1)OCCO2. The number of hydrogen-bond donors (Lipinski definition) is 2. The lowest BCUT2D eigenvalue weighted by molar-refractivity contribution is 0.171. The number of halogens is 1. The highest BCUT2D eigenvalue weighted by molar-refractivity contribution is 6.33. The third-order valence-electron chi connectivity index (χ3n) is 2.78. The topological polar surface area (TPSA) is 46.3 Å². The van der Waals surface area contributed by atoms with E-state index in [2.05, 4.69) is 10.3 Å². The molecule has 0 saturated heterocycles. The van der Waals surface area contributed by atoms with Crippen LogP contribution in [0.5, 0.6) is 11.5 Å². The van der Waals surface area contributed by atoms with Gasteiger partial charge >= 0.3 is 0 Å². The van der Waals surface area contributed by atoms with Crippen LogP contribution in [0.4, 0.5) is 5.69 Å². The van der Waals surface area contributed by atoms with Crippen molar-refractivity contribution in [2.75, 3.05) is 18.5 Å². The van der Waals surface area contributed by atoms with Gasteiger partial charge in [-0.3, -0.25) is 0 Å². The molecule has 0 fully saturated rings. The number of rotatable bonds is 3. The molecule has 1 aliphatic rings. The van der Waals surface area contributed by atoms with E-state index in [0.717, 1.165) is 11.4 Å². The highest BCUT2D eigenvalue weighted by atomic mass is 35.5. The van der Waals surface area contributed by atoms with E-state index in [1.165, 1.54) is 5.56 Å². The Morgan fingerprint density at radius 3 is 2.72 bits per heavy atom. The second-order valence-corrected chi connectivity index (χ2v) is 4.46. The van der Waals surface area contributed by atoms with Crippen LogP contribution in [0.3, 0.4) is 0 Å². The second kappa shape index (κ2) is 4.82. The zero-order chi connectivity index (χ0) is 12.4. The number of fused-ring (bicyclic) bond motifs is 1. The average Bonchev–Trinajstić information content (AvgIpc) is 2.89. The first-order valence-electron chi connectivity index (χ1n) is 5.77. The maximum Gasteiger partial charge on any atom is 0.163 e. The Balaban J connectivity index is 1.79. The van der Waals surface area contributed by atoms with E-state index < -0.39 is 0 Å². The smallest absolute Gasteiger partial charge is 0.163 e. The molecule has 18 heavy (non-hydrogen) atoms. The number of anilines is 1. The molecule has 0 amide bonds. The van der Waals surface area contributed by atoms with Crippen LogP contribution in [-0.4, -0.2) is 18.2 Å². The van der Waals surface area contributed by atoms with E-state index >= 15 is 0 Å². The van der Waals surface area contributed by atoms with Crippen molar-refractivity contribution in [3.63, 3.8) is 0 Å². The standard InChI is InChI=1S/C13H13ClN2O2/c14-10-5-12-13(18-4-3-17-12)6-11(10)16-8-9-1-2-15-7-9/h1-2,5-7,15-16H,3-4,8H2. The molecule has 0 radical (unpaired) electrons. The first-order valence-corrected chi connectivity index (χ1v) is 6.15. The van der Waals surface area contributed by atoms with E-state index in [4.69, 9.17) is 21.1 Å². The van der Waals surface area contributed by atoms with Gasteiger partial charge in [0.15, 0.2) is 11.5 Å². The van der Waals surface area contributed by atoms with E-state index in [1.54, 1.807) is 6.07 Å². The predicted molar refractivity (Wildman–Crippen MR) is 70.6 cm³/mol. The van der Waals surface area contributed by atoms with Gasteiger partial charge in [-0.05, 0) is 11.6 Å². The molecule has 3 rings (SSSR count). The molecular formula is C13H13ClN2O2. The summed E-state index contributed by atoms with van der Waals surface area (Å²) >= 11 is 6.20. The monoisotopic (exact) mass is 264 g/mol. The van der Waals surface area contributed by atoms with Crippen LogP contribution in [0.15, 0.2) is 30.6 Å². The summed E-state index contributed by atoms with van der Waals surface area (Å²) in [5.74, 6) is 1.45. The molecule has 2 heterocycles. The Hall–Kier alpha value is -1.81. The van der Waals surface area contributed by atoms with Crippen molar-refractivity contribution in [3.8, 4) is 11.5 Å². The molecule has 0 atom stereocenters. The lowest BCUT2D eigenvalue weighted by atomic mass is 10.2. The van der Waals surface area contributed by atoms with E-state index in [9.17, 15) is 0 Å². The molecule has 0 spiro atoms. The molecule has 5 heteroatoms. The van der Waals surface area contributed by atoms with Gasteiger partial charge in [0, 0.05) is 31.1 Å². The molecule has 0 saturated carbocycles. The van der Waals surface area contributed by atoms with Crippen molar-refractivity contribution < 1.29 is 9.47 Å². The minimum atomic E-state index is 0.569. The van der Waals surface area contributed by atoms with E-state index in [1.807, 2.05) is 24.5 Å². The Labute approximate surface area is 110 Å². The molecule has 1 aliphatic heterocycles. The Morgan fingerprint density at radius 2 is 2.00 bits per heavy atom. The molecule has 1 aromatic carbocycles. The van der Waals surface area contributed by atoms with Crippen LogP contribution in [0.25, 0.3) is 0 Å². The highest BCUT2D eigenvalue weighted by Gasteiger charge is 2.14. The third kappa shape index (κ3) is 2.24. The number of H-pyrrole nitrogens is 1. The van der Waals surface area contributed by atoms with Gasteiger partial charge in [-0.1, -0.05) is 11.6 Å². The van der Waals surface area contributed by atoms with Gasteiger partial charge < -0.3 is 19.8 Å². The maximum absolute atomic E-state index is 6.20. The molecule has 94 valence electrons. The number of aromatic nitrogens is 1. The number of benzene rings is 1. The quantitative estimate of drug-likeness (QED) is 0.896. The van der Waals surface area contributed by atoms with Crippen LogP contribution in [0.1, 0.15) is 5.56 Å². The molecule has 0 aliphatic carbocycles. The fraction of sp³-hybridized carbons (Fsp3) is 0.231. The van der Waals surface area contributed by atoms with E-state index in [0.29, 0.717) is 30.5 Å². The molecule has 2 aromatic rings. The molecule has 2 N–H and O–H groups in total. The predicted octanol–water partition coefficient (Wildman–Crippen LogP) is 3.05. The Bertz CT molecular complexity index is 540. The van der Waals surface area contributed by atoms with Crippen molar-refractivity contribution in [1.29, 1.82) is 0 Å². The van der Waals surface area contributed by atoms with Crippen LogP contribution in [0.2, 0.25) is 5.02 Å². The third-order valence-corrected chi connectivity index (χ3v) is 3.09. The lowest BCUT2D eigenvalue weighted by Gasteiger charge is -2.20. The van der Waals surface area contributed by atoms with Crippen LogP contribution in [0, 0.1) is 0 Å². The first kappa shape index (κ1) is 11.3. The fourth-order valence-electron chi connectivity index (χ4n) is 1.87. The van der Waals surface area contributed by atoms with Gasteiger partial charge in [0.2, 0.25) is 0 Å². The Morgan fingerprint density at radius 1 is 1.22 bits per heavy atom. The summed E-state index contributed by atoms with van der Waals surface area (Å²) < 4.78 is 11.0. The minimum Gasteiger partial charge on any atom is -0.486 e. The van der Waals surface area contributed by atoms with Crippen molar-refractivity contribution >= 4 is 17.3 Å². The molecule has 0 bridgehead atoms. The maximum atomic E-state index is 6.20. The lowest BCUT2D eigenvalue weighted by Crippen LogP contribution is -2.15. The summed E-state index contributed by atoms with van der Waals surface area (Å²) in [7, 11) is 0. The van der Waals surface area contributed by atoms with Gasteiger partial charge in [-0.25, -0.2) is 0 Å². The summed E-state index contributed by atoms with van der Waals surface area (Å²) in [6, 6.07) is 5.68. The molecule has 1 aromatic heterocycles. The molecule has 4 nitrogen and oxygen atoms in total. The average molecular weight is 265 g/mol. The number of aromatic amines is 1. The normalized spacial score (nSPS) is 13.4. The van der Waals surface area contributed by atoms with Crippen molar-refractivity contribution in [3.05, 3.63) is 41.2 Å². The first-order chi connectivity index (χ1) is 8.83. The zero-order valence-electron chi connectivity index (χ0n) is 9.70. The van der Waals surface area contributed by atoms with Crippen molar-refractivity contribution in [1.82, 2.24) is 4.98 Å². The number of ether oxygens (including phenoxy) is 2. The van der Waals surface area contributed by atoms with Crippen LogP contribution < -0.4 is 14.8 Å².